The fraction of sp³-hybridized carbons (Fsp3) is 0.467. The number of hydrogen-bond acceptors (Lipinski definition) is 5. The molecule has 2 aromatic rings. The standard InChI is InChI=1S/C15H19N3OS/c1(5-18-6-8-19-9-7-18)3-13-11-16-15(17-12-13)14-4-2-10-20-14/h2,4,10-12H,1,3,5-9H2. The normalized spacial score (nSPS) is 16.4. The molecule has 0 spiro atoms. The molecule has 1 saturated heterocycles. The fourth-order valence-corrected chi connectivity index (χ4v) is 3.02. The maximum atomic E-state index is 5.35. The van der Waals surface area contributed by atoms with E-state index in [4.69, 9.17) is 4.74 Å². The molecule has 3 rings (SSSR count). The summed E-state index contributed by atoms with van der Waals surface area (Å²) in [5.74, 6) is 0.830. The third kappa shape index (κ3) is 3.62. The molecule has 0 aliphatic carbocycles. The summed E-state index contributed by atoms with van der Waals surface area (Å²) in [4.78, 5) is 12.5. The van der Waals surface area contributed by atoms with Gasteiger partial charge in [0, 0.05) is 25.5 Å². The van der Waals surface area contributed by atoms with Gasteiger partial charge in [0.1, 0.15) is 0 Å². The summed E-state index contributed by atoms with van der Waals surface area (Å²) < 4.78 is 5.35. The average Bonchev–Trinajstić information content (AvgIpc) is 3.03. The molecule has 1 aliphatic heterocycles. The average molecular weight is 289 g/mol. The summed E-state index contributed by atoms with van der Waals surface area (Å²) in [6.07, 6.45) is 6.12. The molecule has 106 valence electrons. The monoisotopic (exact) mass is 289 g/mol. The van der Waals surface area contributed by atoms with E-state index < -0.39 is 0 Å². The molecule has 5 heteroatoms. The zero-order valence-corrected chi connectivity index (χ0v) is 12.3. The molecule has 1 aliphatic rings. The Labute approximate surface area is 123 Å². The maximum Gasteiger partial charge on any atom is 0.169 e. The summed E-state index contributed by atoms with van der Waals surface area (Å²) in [5.41, 5.74) is 1.22. The molecule has 0 radical (unpaired) electrons. The summed E-state index contributed by atoms with van der Waals surface area (Å²) in [6.45, 7) is 5.01. The quantitative estimate of drug-likeness (QED) is 0.847. The molecular formula is C15H19N3OS. The van der Waals surface area contributed by atoms with Crippen LogP contribution in [-0.4, -0.2) is 47.7 Å². The van der Waals surface area contributed by atoms with Gasteiger partial charge >= 0.3 is 0 Å². The van der Waals surface area contributed by atoms with Crippen LogP contribution in [0.15, 0.2) is 29.9 Å². The summed E-state index contributed by atoms with van der Waals surface area (Å²) in [6, 6.07) is 4.08. The Kier molecular flexibility index (Phi) is 4.73. The minimum Gasteiger partial charge on any atom is -0.379 e. The van der Waals surface area contributed by atoms with Gasteiger partial charge in [-0.1, -0.05) is 6.07 Å². The molecule has 1 fully saturated rings. The second-order valence-electron chi connectivity index (χ2n) is 4.95. The van der Waals surface area contributed by atoms with Crippen molar-refractivity contribution in [2.75, 3.05) is 32.8 Å². The van der Waals surface area contributed by atoms with E-state index in [0.717, 1.165) is 56.4 Å². The number of aryl methyl sites for hydroxylation is 1. The molecule has 0 unspecified atom stereocenters. The van der Waals surface area contributed by atoms with E-state index in [-0.39, 0.29) is 0 Å². The van der Waals surface area contributed by atoms with Crippen LogP contribution in [0.2, 0.25) is 0 Å². The Balaban J connectivity index is 1.48. The smallest absolute Gasteiger partial charge is 0.169 e. The molecule has 0 amide bonds. The van der Waals surface area contributed by atoms with Crippen molar-refractivity contribution in [3.8, 4) is 10.7 Å². The Morgan fingerprint density at radius 2 is 2.00 bits per heavy atom. The predicted octanol–water partition coefficient (Wildman–Crippen LogP) is 2.47. The van der Waals surface area contributed by atoms with Crippen molar-refractivity contribution in [2.24, 2.45) is 0 Å². The van der Waals surface area contributed by atoms with Crippen molar-refractivity contribution in [2.45, 2.75) is 12.8 Å². The van der Waals surface area contributed by atoms with Gasteiger partial charge in [0.05, 0.1) is 18.1 Å². The molecule has 0 aromatic carbocycles. The molecule has 0 N–H and O–H groups in total. The molecule has 0 atom stereocenters. The van der Waals surface area contributed by atoms with Crippen LogP contribution in [-0.2, 0) is 11.2 Å². The van der Waals surface area contributed by atoms with E-state index in [1.807, 2.05) is 18.5 Å². The first-order valence-corrected chi connectivity index (χ1v) is 7.95. The SMILES string of the molecule is c1csc(-c2ncc(CCCN3CCOCC3)cn2)c1. The zero-order chi connectivity index (χ0) is 13.6. The van der Waals surface area contributed by atoms with Crippen molar-refractivity contribution >= 4 is 11.3 Å². The molecular weight excluding hydrogens is 270 g/mol. The Morgan fingerprint density at radius 1 is 1.20 bits per heavy atom. The van der Waals surface area contributed by atoms with Crippen LogP contribution in [0.3, 0.4) is 0 Å². The van der Waals surface area contributed by atoms with Crippen molar-refractivity contribution < 1.29 is 4.74 Å². The van der Waals surface area contributed by atoms with Crippen molar-refractivity contribution in [1.29, 1.82) is 0 Å². The van der Waals surface area contributed by atoms with Crippen molar-refractivity contribution in [3.63, 3.8) is 0 Å². The number of nitrogens with zero attached hydrogens (tertiary/aromatic N) is 3. The first-order chi connectivity index (χ1) is 9.92. The molecule has 0 bridgehead atoms. The van der Waals surface area contributed by atoms with Crippen LogP contribution >= 0.6 is 11.3 Å². The van der Waals surface area contributed by atoms with E-state index in [1.54, 1.807) is 11.3 Å². The largest absolute Gasteiger partial charge is 0.379 e. The van der Waals surface area contributed by atoms with Crippen molar-refractivity contribution in [3.05, 3.63) is 35.5 Å². The lowest BCUT2D eigenvalue weighted by atomic mass is 10.2. The molecule has 20 heavy (non-hydrogen) atoms. The van der Waals surface area contributed by atoms with Gasteiger partial charge in [-0.2, -0.15) is 0 Å². The highest BCUT2D eigenvalue weighted by atomic mass is 32.1. The number of hydrogen-bond donors (Lipinski definition) is 0. The van der Waals surface area contributed by atoms with Crippen LogP contribution in [0, 0.1) is 0 Å². The lowest BCUT2D eigenvalue weighted by molar-refractivity contribution is 0.0374. The first-order valence-electron chi connectivity index (χ1n) is 7.07. The van der Waals surface area contributed by atoms with Gasteiger partial charge in [0.25, 0.3) is 0 Å². The Hall–Kier alpha value is -1.30. The van der Waals surface area contributed by atoms with E-state index >= 15 is 0 Å². The first kappa shape index (κ1) is 13.7. The molecule has 4 nitrogen and oxygen atoms in total. The molecule has 2 aromatic heterocycles. The summed E-state index contributed by atoms with van der Waals surface area (Å²) >= 11 is 1.68. The maximum absolute atomic E-state index is 5.35. The van der Waals surface area contributed by atoms with Gasteiger partial charge in [-0.3, -0.25) is 4.90 Å². The van der Waals surface area contributed by atoms with Gasteiger partial charge in [0.2, 0.25) is 0 Å². The topological polar surface area (TPSA) is 38.2 Å². The van der Waals surface area contributed by atoms with Crippen molar-refractivity contribution in [1.82, 2.24) is 14.9 Å². The third-order valence-electron chi connectivity index (χ3n) is 3.49. The highest BCUT2D eigenvalue weighted by Gasteiger charge is 2.09. The van der Waals surface area contributed by atoms with Crippen LogP contribution < -0.4 is 0 Å². The number of thiophene rings is 1. The van der Waals surface area contributed by atoms with Gasteiger partial charge in [0.15, 0.2) is 5.82 Å². The summed E-state index contributed by atoms with van der Waals surface area (Å²) in [7, 11) is 0. The minimum atomic E-state index is 0.830. The molecule has 0 saturated carbocycles. The lowest BCUT2D eigenvalue weighted by Crippen LogP contribution is -2.36. The Bertz CT molecular complexity index is 506. The minimum absolute atomic E-state index is 0.830. The predicted molar refractivity (Wildman–Crippen MR) is 80.9 cm³/mol. The second kappa shape index (κ2) is 6.92. The van der Waals surface area contributed by atoms with Gasteiger partial charge in [-0.25, -0.2) is 9.97 Å². The Morgan fingerprint density at radius 3 is 2.70 bits per heavy atom. The zero-order valence-electron chi connectivity index (χ0n) is 11.5. The highest BCUT2D eigenvalue weighted by Crippen LogP contribution is 2.20. The van der Waals surface area contributed by atoms with Gasteiger partial charge < -0.3 is 4.74 Å². The third-order valence-corrected chi connectivity index (χ3v) is 4.36. The van der Waals surface area contributed by atoms with Crippen LogP contribution in [0.5, 0.6) is 0 Å². The number of ether oxygens (including phenoxy) is 1. The van der Waals surface area contributed by atoms with Gasteiger partial charge in [-0.05, 0) is 36.4 Å². The number of rotatable bonds is 5. The van der Waals surface area contributed by atoms with E-state index in [0.29, 0.717) is 0 Å². The van der Waals surface area contributed by atoms with Crippen LogP contribution in [0.1, 0.15) is 12.0 Å². The lowest BCUT2D eigenvalue weighted by Gasteiger charge is -2.26. The van der Waals surface area contributed by atoms with E-state index in [1.165, 1.54) is 5.56 Å². The van der Waals surface area contributed by atoms with Crippen LogP contribution in [0.4, 0.5) is 0 Å². The molecule has 3 heterocycles. The summed E-state index contributed by atoms with van der Waals surface area (Å²) in [5, 5.41) is 2.05. The van der Waals surface area contributed by atoms with Gasteiger partial charge in [-0.15, -0.1) is 11.3 Å². The highest BCUT2D eigenvalue weighted by molar-refractivity contribution is 7.13. The van der Waals surface area contributed by atoms with E-state index in [9.17, 15) is 0 Å². The fourth-order valence-electron chi connectivity index (χ4n) is 2.35. The number of aromatic nitrogens is 2. The second-order valence-corrected chi connectivity index (χ2v) is 5.90. The van der Waals surface area contributed by atoms with Crippen LogP contribution in [0.25, 0.3) is 10.7 Å². The van der Waals surface area contributed by atoms with E-state index in [2.05, 4.69) is 26.3 Å². The number of morpholine rings is 1.